The van der Waals surface area contributed by atoms with E-state index in [-0.39, 0.29) is 5.56 Å². The number of amides is 2. The van der Waals surface area contributed by atoms with Gasteiger partial charge in [-0.05, 0) is 30.7 Å². The van der Waals surface area contributed by atoms with Gasteiger partial charge in [-0.1, -0.05) is 11.6 Å². The average molecular weight is 285 g/mol. The van der Waals surface area contributed by atoms with Gasteiger partial charge in [0.1, 0.15) is 13.1 Å². The Kier molecular flexibility index (Phi) is 4.88. The third-order valence-corrected chi connectivity index (χ3v) is 2.47. The zero-order chi connectivity index (χ0) is 14.6. The molecule has 0 aromatic heterocycles. The lowest BCUT2D eigenvalue weighted by Gasteiger charge is -2.19. The van der Waals surface area contributed by atoms with Crippen LogP contribution in [0.4, 0.5) is 0 Å². The van der Waals surface area contributed by atoms with Gasteiger partial charge in [-0.15, -0.1) is 0 Å². The summed E-state index contributed by atoms with van der Waals surface area (Å²) in [7, 11) is 0. The van der Waals surface area contributed by atoms with Crippen LogP contribution in [0.2, 0.25) is 5.02 Å². The summed E-state index contributed by atoms with van der Waals surface area (Å²) in [6, 6.07) is 4.63. The van der Waals surface area contributed by atoms with Gasteiger partial charge in [0.2, 0.25) is 5.91 Å². The second-order valence-corrected chi connectivity index (χ2v) is 4.47. The van der Waals surface area contributed by atoms with Gasteiger partial charge in [-0.25, -0.2) is 0 Å². The molecule has 0 bridgehead atoms. The van der Waals surface area contributed by atoms with Gasteiger partial charge in [0.15, 0.2) is 0 Å². The highest BCUT2D eigenvalue weighted by Gasteiger charge is 2.20. The van der Waals surface area contributed by atoms with E-state index in [1.807, 2.05) is 0 Å². The van der Waals surface area contributed by atoms with Gasteiger partial charge in [0.25, 0.3) is 5.91 Å². The first-order chi connectivity index (χ1) is 8.79. The highest BCUT2D eigenvalue weighted by molar-refractivity contribution is 6.31. The number of carbonyl (C=O) groups is 3. The van der Waals surface area contributed by atoms with Gasteiger partial charge in [-0.2, -0.15) is 0 Å². The van der Waals surface area contributed by atoms with Crippen LogP contribution in [-0.2, 0) is 9.59 Å². The first-order valence-electron chi connectivity index (χ1n) is 5.36. The Labute approximate surface area is 114 Å². The molecule has 0 saturated heterocycles. The third-order valence-electron chi connectivity index (χ3n) is 2.25. The van der Waals surface area contributed by atoms with Crippen LogP contribution in [0, 0.1) is 6.92 Å². The molecule has 0 unspecified atom stereocenters. The molecule has 3 N–H and O–H groups in total. The Morgan fingerprint density at radius 1 is 1.26 bits per heavy atom. The summed E-state index contributed by atoms with van der Waals surface area (Å²) < 4.78 is 0. The summed E-state index contributed by atoms with van der Waals surface area (Å²) in [6.07, 6.45) is 0. The quantitative estimate of drug-likeness (QED) is 0.829. The van der Waals surface area contributed by atoms with E-state index in [1.165, 1.54) is 6.07 Å². The molecule has 1 aromatic rings. The number of primary amides is 1. The second-order valence-electron chi connectivity index (χ2n) is 4.04. The number of aryl methyl sites for hydroxylation is 1. The van der Waals surface area contributed by atoms with Gasteiger partial charge in [-0.3, -0.25) is 14.4 Å². The number of aliphatic carboxylic acids is 1. The fraction of sp³-hybridized carbons (Fsp3) is 0.250. The molecular formula is C12H13ClN2O4. The van der Waals surface area contributed by atoms with E-state index in [0.29, 0.717) is 5.02 Å². The molecule has 0 heterocycles. The molecular weight excluding hydrogens is 272 g/mol. The van der Waals surface area contributed by atoms with Crippen LogP contribution >= 0.6 is 11.6 Å². The minimum atomic E-state index is -1.23. The minimum Gasteiger partial charge on any atom is -0.480 e. The number of nitrogens with two attached hydrogens (primary N) is 1. The smallest absolute Gasteiger partial charge is 0.323 e. The average Bonchev–Trinajstić information content (AvgIpc) is 2.24. The zero-order valence-electron chi connectivity index (χ0n) is 10.2. The van der Waals surface area contributed by atoms with Crippen molar-refractivity contribution in [3.8, 4) is 0 Å². The fourth-order valence-electron chi connectivity index (χ4n) is 1.59. The van der Waals surface area contributed by atoms with Gasteiger partial charge < -0.3 is 15.7 Å². The number of carboxylic acid groups (broad SMARTS) is 1. The lowest BCUT2D eigenvalue weighted by Crippen LogP contribution is -2.41. The van der Waals surface area contributed by atoms with Crippen molar-refractivity contribution in [3.63, 3.8) is 0 Å². The molecule has 2 amide bonds. The highest BCUT2D eigenvalue weighted by atomic mass is 35.5. The molecule has 0 spiro atoms. The molecule has 7 heteroatoms. The zero-order valence-corrected chi connectivity index (χ0v) is 11.0. The summed E-state index contributed by atoms with van der Waals surface area (Å²) in [4.78, 5) is 34.5. The molecule has 0 atom stereocenters. The van der Waals surface area contributed by atoms with Crippen molar-refractivity contribution in [2.75, 3.05) is 13.1 Å². The SMILES string of the molecule is Cc1cc(Cl)cc(C(=O)N(CC(N)=O)CC(=O)O)c1. The van der Waals surface area contributed by atoms with Crippen LogP contribution < -0.4 is 5.73 Å². The number of nitrogens with zero attached hydrogens (tertiary/aromatic N) is 1. The topological polar surface area (TPSA) is 101 Å². The first kappa shape index (κ1) is 15.0. The Balaban J connectivity index is 3.03. The van der Waals surface area contributed by atoms with E-state index < -0.39 is 30.9 Å². The summed E-state index contributed by atoms with van der Waals surface area (Å²) in [6.45, 7) is 0.683. The molecule has 0 fully saturated rings. The molecule has 19 heavy (non-hydrogen) atoms. The predicted molar refractivity (Wildman–Crippen MR) is 68.9 cm³/mol. The molecule has 0 saturated carbocycles. The molecule has 102 valence electrons. The van der Waals surface area contributed by atoms with Crippen molar-refractivity contribution in [3.05, 3.63) is 34.3 Å². The Bertz CT molecular complexity index is 494. The molecule has 0 aliphatic heterocycles. The van der Waals surface area contributed by atoms with Crippen LogP contribution in [0.5, 0.6) is 0 Å². The van der Waals surface area contributed by atoms with E-state index in [0.717, 1.165) is 10.5 Å². The lowest BCUT2D eigenvalue weighted by atomic mass is 10.1. The fourth-order valence-corrected chi connectivity index (χ4v) is 1.88. The van der Waals surface area contributed by atoms with Crippen molar-refractivity contribution >= 4 is 29.4 Å². The summed E-state index contributed by atoms with van der Waals surface area (Å²) in [5.74, 6) is -2.62. The number of rotatable bonds is 5. The van der Waals surface area contributed by atoms with Crippen LogP contribution in [0.3, 0.4) is 0 Å². The number of carboxylic acids is 1. The van der Waals surface area contributed by atoms with Crippen LogP contribution in [0.25, 0.3) is 0 Å². The lowest BCUT2D eigenvalue weighted by molar-refractivity contribution is -0.138. The molecule has 0 aliphatic carbocycles. The number of benzene rings is 1. The Morgan fingerprint density at radius 3 is 2.37 bits per heavy atom. The summed E-state index contributed by atoms with van der Waals surface area (Å²) >= 11 is 5.83. The van der Waals surface area contributed by atoms with Crippen LogP contribution in [0.1, 0.15) is 15.9 Å². The maximum absolute atomic E-state index is 12.1. The highest BCUT2D eigenvalue weighted by Crippen LogP contribution is 2.16. The van der Waals surface area contributed by atoms with Crippen LogP contribution in [0.15, 0.2) is 18.2 Å². The molecule has 0 aliphatic rings. The number of hydrogen-bond acceptors (Lipinski definition) is 3. The van der Waals surface area contributed by atoms with E-state index in [4.69, 9.17) is 22.4 Å². The maximum atomic E-state index is 12.1. The van der Waals surface area contributed by atoms with Gasteiger partial charge >= 0.3 is 5.97 Å². The number of hydrogen-bond donors (Lipinski definition) is 2. The van der Waals surface area contributed by atoms with Crippen molar-refractivity contribution in [2.24, 2.45) is 5.73 Å². The minimum absolute atomic E-state index is 0.215. The predicted octanol–water partition coefficient (Wildman–Crippen LogP) is 0.661. The maximum Gasteiger partial charge on any atom is 0.323 e. The standard InChI is InChI=1S/C12H13ClN2O4/c1-7-2-8(4-9(13)3-7)12(19)15(5-10(14)16)6-11(17)18/h2-4H,5-6H2,1H3,(H2,14,16)(H,17,18). The normalized spacial score (nSPS) is 10.0. The molecule has 6 nitrogen and oxygen atoms in total. The van der Waals surface area contributed by atoms with Crippen molar-refractivity contribution in [1.82, 2.24) is 4.90 Å². The summed E-state index contributed by atoms with van der Waals surface area (Å²) in [5, 5.41) is 9.09. The third kappa shape index (κ3) is 4.59. The molecule has 1 rings (SSSR count). The monoisotopic (exact) mass is 284 g/mol. The number of halogens is 1. The van der Waals surface area contributed by atoms with E-state index >= 15 is 0 Å². The largest absolute Gasteiger partial charge is 0.480 e. The Morgan fingerprint density at radius 2 is 1.89 bits per heavy atom. The van der Waals surface area contributed by atoms with Crippen LogP contribution in [-0.4, -0.2) is 40.9 Å². The first-order valence-corrected chi connectivity index (χ1v) is 5.74. The summed E-state index contributed by atoms with van der Waals surface area (Å²) in [5.41, 5.74) is 5.96. The van der Waals surface area contributed by atoms with Gasteiger partial charge in [0.05, 0.1) is 0 Å². The van der Waals surface area contributed by atoms with E-state index in [1.54, 1.807) is 19.1 Å². The van der Waals surface area contributed by atoms with Crippen molar-refractivity contribution in [1.29, 1.82) is 0 Å². The van der Waals surface area contributed by atoms with E-state index in [2.05, 4.69) is 0 Å². The second kappa shape index (κ2) is 6.19. The molecule has 1 aromatic carbocycles. The Hall–Kier alpha value is -2.08. The number of carbonyl (C=O) groups excluding carboxylic acids is 2. The van der Waals surface area contributed by atoms with Gasteiger partial charge in [0, 0.05) is 10.6 Å². The van der Waals surface area contributed by atoms with Crippen molar-refractivity contribution in [2.45, 2.75) is 6.92 Å². The molecule has 0 radical (unpaired) electrons. The van der Waals surface area contributed by atoms with Crippen molar-refractivity contribution < 1.29 is 19.5 Å². The van der Waals surface area contributed by atoms with E-state index in [9.17, 15) is 14.4 Å².